The molecule has 0 spiro atoms. The maximum Gasteiger partial charge on any atom is 0.346 e. The fraction of sp³-hybridized carbons (Fsp3) is 0.280. The Hall–Kier alpha value is -5.20. The molecule has 0 fully saturated rings. The summed E-state index contributed by atoms with van der Waals surface area (Å²) in [5.74, 6) is 0.433. The highest BCUT2D eigenvalue weighted by molar-refractivity contribution is 7.28. The molecular formula is C50H49NO4S3. The van der Waals surface area contributed by atoms with Gasteiger partial charge in [-0.25, -0.2) is 4.79 Å². The monoisotopic (exact) mass is 823 g/mol. The van der Waals surface area contributed by atoms with Gasteiger partial charge in [0.2, 0.25) is 0 Å². The van der Waals surface area contributed by atoms with Crippen LogP contribution in [0, 0.1) is 11.3 Å². The van der Waals surface area contributed by atoms with Crippen molar-refractivity contribution in [1.29, 1.82) is 5.26 Å². The van der Waals surface area contributed by atoms with Crippen LogP contribution in [-0.4, -0.2) is 24.3 Å². The van der Waals surface area contributed by atoms with E-state index in [-0.39, 0.29) is 5.57 Å². The van der Waals surface area contributed by atoms with Crippen molar-refractivity contribution < 1.29 is 19.4 Å². The number of fused-ring (bicyclic) bond motifs is 1. The lowest BCUT2D eigenvalue weighted by atomic mass is 9.95. The number of unbranched alkanes of at least 4 members (excludes halogenated alkanes) is 6. The maximum absolute atomic E-state index is 11.8. The molecule has 8 heteroatoms. The van der Waals surface area contributed by atoms with Gasteiger partial charge in [-0.3, -0.25) is 0 Å². The van der Waals surface area contributed by atoms with Gasteiger partial charge in [0.25, 0.3) is 0 Å². The first-order chi connectivity index (χ1) is 28.5. The smallest absolute Gasteiger partial charge is 0.346 e. The number of nitrogens with zero attached hydrogens (tertiary/aromatic N) is 1. The minimum absolute atomic E-state index is 0.249. The third-order valence-corrected chi connectivity index (χ3v) is 14.2. The van der Waals surface area contributed by atoms with Crippen LogP contribution in [0.1, 0.15) is 97.9 Å². The van der Waals surface area contributed by atoms with Gasteiger partial charge < -0.3 is 14.6 Å². The standard InChI is InChI=1S/C50H49NO4S3/c1-3-5-7-11-21-38-30-41(31-40(33-51)50(52)53)56-46(38)43-32-39(22-12-8-6-4-2)48(57-43)49-45-44(54-27-28-55-45)47(58-49)37-25-23-34(24-26-37)29-42(35-17-13-9-14-18-35)36-19-15-10-16-20-36/h9-10,13-20,23-26,29-32H,3-8,11-12,21-22,27-28H2,1-2H3,(H,52,53)/b40-31+. The van der Waals surface area contributed by atoms with Crippen molar-refractivity contribution in [3.63, 3.8) is 0 Å². The van der Waals surface area contributed by atoms with E-state index in [1.807, 2.05) is 6.07 Å². The molecule has 0 radical (unpaired) electrons. The first-order valence-electron chi connectivity index (χ1n) is 20.4. The van der Waals surface area contributed by atoms with Crippen molar-refractivity contribution in [2.24, 2.45) is 0 Å². The molecule has 1 N–H and O–H groups in total. The maximum atomic E-state index is 11.8. The number of benzene rings is 3. The van der Waals surface area contributed by atoms with Gasteiger partial charge in [0.05, 0.1) is 14.6 Å². The van der Waals surface area contributed by atoms with Crippen LogP contribution in [0.5, 0.6) is 11.5 Å². The van der Waals surface area contributed by atoms with Crippen LogP contribution in [-0.2, 0) is 17.6 Å². The van der Waals surface area contributed by atoms with E-state index in [0.29, 0.717) is 13.2 Å². The fourth-order valence-corrected chi connectivity index (χ4v) is 11.2. The average Bonchev–Trinajstić information content (AvgIpc) is 3.98. The van der Waals surface area contributed by atoms with Crippen LogP contribution in [0.15, 0.2) is 103 Å². The second kappa shape index (κ2) is 20.0. The number of aliphatic carboxylic acids is 1. The summed E-state index contributed by atoms with van der Waals surface area (Å²) in [6.07, 6.45) is 14.9. The molecule has 0 aliphatic carbocycles. The predicted molar refractivity (Wildman–Crippen MR) is 244 cm³/mol. The van der Waals surface area contributed by atoms with Gasteiger partial charge in [-0.15, -0.1) is 34.0 Å². The number of carboxylic acid groups (broad SMARTS) is 1. The lowest BCUT2D eigenvalue weighted by molar-refractivity contribution is -0.132. The Morgan fingerprint density at radius 3 is 1.83 bits per heavy atom. The van der Waals surface area contributed by atoms with Crippen molar-refractivity contribution in [3.05, 3.63) is 135 Å². The Morgan fingerprint density at radius 1 is 0.672 bits per heavy atom. The number of aryl methyl sites for hydroxylation is 2. The summed E-state index contributed by atoms with van der Waals surface area (Å²) < 4.78 is 12.9. The molecule has 5 nitrogen and oxygen atoms in total. The van der Waals surface area contributed by atoms with Crippen molar-refractivity contribution >= 4 is 57.7 Å². The molecule has 0 saturated heterocycles. The zero-order valence-electron chi connectivity index (χ0n) is 33.2. The highest BCUT2D eigenvalue weighted by atomic mass is 32.1. The van der Waals surface area contributed by atoms with E-state index in [1.165, 1.54) is 69.3 Å². The summed E-state index contributed by atoms with van der Waals surface area (Å²) in [4.78, 5) is 18.3. The number of rotatable bonds is 18. The van der Waals surface area contributed by atoms with E-state index in [1.54, 1.807) is 34.0 Å². The zero-order valence-corrected chi connectivity index (χ0v) is 35.7. The van der Waals surface area contributed by atoms with Gasteiger partial charge in [-0.1, -0.05) is 137 Å². The first-order valence-corrected chi connectivity index (χ1v) is 22.9. The number of hydrogen-bond acceptors (Lipinski definition) is 7. The van der Waals surface area contributed by atoms with E-state index in [4.69, 9.17) is 9.47 Å². The second-order valence-electron chi connectivity index (χ2n) is 14.6. The van der Waals surface area contributed by atoms with Gasteiger partial charge in [-0.2, -0.15) is 5.26 Å². The molecule has 296 valence electrons. The lowest BCUT2D eigenvalue weighted by Crippen LogP contribution is -2.14. The number of thiophene rings is 3. The largest absolute Gasteiger partial charge is 0.485 e. The Labute approximate surface area is 354 Å². The van der Waals surface area contributed by atoms with Crippen LogP contribution in [0.4, 0.5) is 0 Å². The summed E-state index contributed by atoms with van der Waals surface area (Å²) in [5, 5.41) is 19.2. The normalized spacial score (nSPS) is 12.3. The van der Waals surface area contributed by atoms with Crippen LogP contribution in [0.25, 0.3) is 47.7 Å². The number of ether oxygens (including phenoxy) is 2. The molecule has 3 aromatic heterocycles. The van der Waals surface area contributed by atoms with E-state index in [2.05, 4.69) is 117 Å². The van der Waals surface area contributed by atoms with Gasteiger partial charge in [0.15, 0.2) is 11.5 Å². The summed E-state index contributed by atoms with van der Waals surface area (Å²) in [7, 11) is 0. The molecule has 6 aromatic rings. The SMILES string of the molecule is CCCCCCc1cc(/C=C(\C#N)C(=O)O)sc1-c1cc(CCCCCC)c(-c2sc(-c3ccc(C=C(c4ccccc4)c4ccccc4)cc3)c3c2OCCO3)s1. The molecular weight excluding hydrogens is 775 g/mol. The second-order valence-corrected chi connectivity index (χ2v) is 17.7. The highest BCUT2D eigenvalue weighted by Crippen LogP contribution is 2.57. The van der Waals surface area contributed by atoms with Crippen molar-refractivity contribution in [2.45, 2.75) is 78.1 Å². The third-order valence-electron chi connectivity index (χ3n) is 10.4. The predicted octanol–water partition coefficient (Wildman–Crippen LogP) is 14.5. The Balaban J connectivity index is 1.28. The zero-order chi connectivity index (χ0) is 40.3. The molecule has 4 heterocycles. The number of nitriles is 1. The van der Waals surface area contributed by atoms with Gasteiger partial charge in [0.1, 0.15) is 24.9 Å². The summed E-state index contributed by atoms with van der Waals surface area (Å²) in [6, 6.07) is 36.1. The fourth-order valence-electron chi connectivity index (χ4n) is 7.36. The summed E-state index contributed by atoms with van der Waals surface area (Å²) in [5.41, 5.74) is 8.00. The number of carbonyl (C=O) groups is 1. The summed E-state index contributed by atoms with van der Waals surface area (Å²) in [6.45, 7) is 5.46. The first kappa shape index (κ1) is 41.0. The lowest BCUT2D eigenvalue weighted by Gasteiger charge is -2.17. The highest BCUT2D eigenvalue weighted by Gasteiger charge is 2.29. The Bertz CT molecular complexity index is 2370. The molecule has 3 aromatic carbocycles. The third kappa shape index (κ3) is 9.73. The Morgan fingerprint density at radius 2 is 1.26 bits per heavy atom. The van der Waals surface area contributed by atoms with Crippen LogP contribution in [0.2, 0.25) is 0 Å². The molecule has 1 aliphatic rings. The van der Waals surface area contributed by atoms with Gasteiger partial charge in [0, 0.05) is 14.6 Å². The molecule has 58 heavy (non-hydrogen) atoms. The number of hydrogen-bond donors (Lipinski definition) is 1. The van der Waals surface area contributed by atoms with E-state index < -0.39 is 5.97 Å². The quantitative estimate of drug-likeness (QED) is 0.0404. The molecule has 0 amide bonds. The van der Waals surface area contributed by atoms with Crippen molar-refractivity contribution in [3.8, 4) is 47.5 Å². The topological polar surface area (TPSA) is 79.6 Å². The number of carboxylic acids is 1. The minimum Gasteiger partial charge on any atom is -0.485 e. The molecule has 7 rings (SSSR count). The van der Waals surface area contributed by atoms with Gasteiger partial charge in [-0.05, 0) is 88.9 Å². The van der Waals surface area contributed by atoms with Crippen molar-refractivity contribution in [1.82, 2.24) is 0 Å². The molecule has 0 saturated carbocycles. The van der Waals surface area contributed by atoms with Crippen LogP contribution >= 0.6 is 34.0 Å². The molecule has 1 aliphatic heterocycles. The minimum atomic E-state index is -1.20. The van der Waals surface area contributed by atoms with E-state index in [0.717, 1.165) is 80.7 Å². The molecule has 0 unspecified atom stereocenters. The summed E-state index contributed by atoms with van der Waals surface area (Å²) >= 11 is 5.12. The molecule has 0 bridgehead atoms. The average molecular weight is 824 g/mol. The molecule has 0 atom stereocenters. The van der Waals surface area contributed by atoms with Gasteiger partial charge >= 0.3 is 5.97 Å². The van der Waals surface area contributed by atoms with Crippen LogP contribution in [0.3, 0.4) is 0 Å². The Kier molecular flexibility index (Phi) is 14.1. The van der Waals surface area contributed by atoms with E-state index in [9.17, 15) is 15.2 Å². The van der Waals surface area contributed by atoms with E-state index >= 15 is 0 Å². The van der Waals surface area contributed by atoms with Crippen LogP contribution < -0.4 is 9.47 Å². The van der Waals surface area contributed by atoms with Crippen molar-refractivity contribution in [2.75, 3.05) is 13.2 Å².